The van der Waals surface area contributed by atoms with Gasteiger partial charge >= 0.3 is 5.97 Å². The number of aromatic carboxylic acids is 1. The third kappa shape index (κ3) is 3.89. The first-order chi connectivity index (χ1) is 10.1. The molecule has 0 fully saturated rings. The van der Waals surface area contributed by atoms with Crippen LogP contribution in [0.25, 0.3) is 0 Å². The Morgan fingerprint density at radius 1 is 1.10 bits per heavy atom. The van der Waals surface area contributed by atoms with E-state index in [0.717, 1.165) is 11.3 Å². The monoisotopic (exact) mass is 288 g/mol. The topological polar surface area (TPSA) is 76.0 Å². The number of hydrogen-bond acceptors (Lipinski definition) is 4. The molecular formula is C16H16O5. The SMILES string of the molecule is Cc1ccccc1OCCOc1ccc(C(=O)O)c(O)c1. The van der Waals surface area contributed by atoms with Crippen molar-refractivity contribution < 1.29 is 24.5 Å². The average molecular weight is 288 g/mol. The van der Waals surface area contributed by atoms with E-state index in [1.54, 1.807) is 0 Å². The van der Waals surface area contributed by atoms with Crippen molar-refractivity contribution in [1.82, 2.24) is 0 Å². The number of benzene rings is 2. The second-order valence-corrected chi connectivity index (χ2v) is 4.45. The molecule has 0 bridgehead atoms. The lowest BCUT2D eigenvalue weighted by Gasteiger charge is -2.10. The highest BCUT2D eigenvalue weighted by atomic mass is 16.5. The van der Waals surface area contributed by atoms with E-state index in [-0.39, 0.29) is 11.3 Å². The summed E-state index contributed by atoms with van der Waals surface area (Å²) in [5, 5.41) is 18.3. The van der Waals surface area contributed by atoms with Gasteiger partial charge in [0.05, 0.1) is 0 Å². The molecule has 5 nitrogen and oxygen atoms in total. The minimum Gasteiger partial charge on any atom is -0.507 e. The summed E-state index contributed by atoms with van der Waals surface area (Å²) < 4.78 is 11.0. The van der Waals surface area contributed by atoms with E-state index in [0.29, 0.717) is 19.0 Å². The van der Waals surface area contributed by atoms with Crippen LogP contribution in [0.3, 0.4) is 0 Å². The number of para-hydroxylation sites is 1. The second kappa shape index (κ2) is 6.65. The molecule has 0 aliphatic heterocycles. The molecule has 0 aromatic heterocycles. The van der Waals surface area contributed by atoms with E-state index < -0.39 is 5.97 Å². The Hall–Kier alpha value is -2.69. The van der Waals surface area contributed by atoms with Crippen molar-refractivity contribution in [2.24, 2.45) is 0 Å². The highest BCUT2D eigenvalue weighted by Gasteiger charge is 2.10. The molecule has 0 saturated carbocycles. The van der Waals surface area contributed by atoms with Gasteiger partial charge in [0.15, 0.2) is 0 Å². The van der Waals surface area contributed by atoms with Crippen LogP contribution >= 0.6 is 0 Å². The van der Waals surface area contributed by atoms with E-state index >= 15 is 0 Å². The van der Waals surface area contributed by atoms with Crippen molar-refractivity contribution in [3.05, 3.63) is 53.6 Å². The lowest BCUT2D eigenvalue weighted by molar-refractivity contribution is 0.0693. The first-order valence-corrected chi connectivity index (χ1v) is 6.45. The number of phenols is 1. The third-order valence-electron chi connectivity index (χ3n) is 2.90. The van der Waals surface area contributed by atoms with Gasteiger partial charge in [-0.15, -0.1) is 0 Å². The summed E-state index contributed by atoms with van der Waals surface area (Å²) in [6.45, 7) is 2.60. The van der Waals surface area contributed by atoms with Crippen molar-refractivity contribution in [1.29, 1.82) is 0 Å². The van der Waals surface area contributed by atoms with E-state index in [1.807, 2.05) is 31.2 Å². The first kappa shape index (κ1) is 14.7. The summed E-state index contributed by atoms with van der Waals surface area (Å²) in [6, 6.07) is 11.7. The van der Waals surface area contributed by atoms with Crippen LogP contribution in [0.2, 0.25) is 0 Å². The van der Waals surface area contributed by atoms with E-state index in [9.17, 15) is 9.90 Å². The Morgan fingerprint density at radius 3 is 2.48 bits per heavy atom. The third-order valence-corrected chi connectivity index (χ3v) is 2.90. The minimum absolute atomic E-state index is 0.154. The van der Waals surface area contributed by atoms with Crippen molar-refractivity contribution in [3.8, 4) is 17.2 Å². The average Bonchev–Trinajstić information content (AvgIpc) is 2.45. The van der Waals surface area contributed by atoms with Crippen LogP contribution in [0.4, 0.5) is 0 Å². The number of rotatable bonds is 6. The number of hydrogen-bond donors (Lipinski definition) is 2. The number of aryl methyl sites for hydroxylation is 1. The molecule has 0 aliphatic rings. The summed E-state index contributed by atoms with van der Waals surface area (Å²) in [6.07, 6.45) is 0. The number of carboxylic acids is 1. The molecule has 2 N–H and O–H groups in total. The number of aromatic hydroxyl groups is 1. The van der Waals surface area contributed by atoms with Gasteiger partial charge < -0.3 is 19.7 Å². The maximum atomic E-state index is 10.8. The molecule has 21 heavy (non-hydrogen) atoms. The van der Waals surface area contributed by atoms with Crippen molar-refractivity contribution in [2.45, 2.75) is 6.92 Å². The van der Waals surface area contributed by atoms with E-state index in [1.165, 1.54) is 18.2 Å². The maximum Gasteiger partial charge on any atom is 0.339 e. The van der Waals surface area contributed by atoms with Crippen LogP contribution in [-0.4, -0.2) is 29.4 Å². The highest BCUT2D eigenvalue weighted by molar-refractivity contribution is 5.90. The molecule has 0 spiro atoms. The van der Waals surface area contributed by atoms with Crippen LogP contribution in [-0.2, 0) is 0 Å². The predicted octanol–water partition coefficient (Wildman–Crippen LogP) is 2.86. The standard InChI is InChI=1S/C16H16O5/c1-11-4-2-3-5-15(11)21-9-8-20-12-6-7-13(16(18)19)14(17)10-12/h2-7,10,17H,8-9H2,1H3,(H,18,19). The molecule has 0 amide bonds. The molecule has 2 aromatic carbocycles. The predicted molar refractivity (Wildman–Crippen MR) is 77.2 cm³/mol. The number of carbonyl (C=O) groups is 1. The van der Waals surface area contributed by atoms with Gasteiger partial charge in [0.25, 0.3) is 0 Å². The molecule has 5 heteroatoms. The van der Waals surface area contributed by atoms with Crippen LogP contribution in [0.1, 0.15) is 15.9 Å². The lowest BCUT2D eigenvalue weighted by atomic mass is 10.2. The molecular weight excluding hydrogens is 272 g/mol. The normalized spacial score (nSPS) is 10.1. The van der Waals surface area contributed by atoms with Crippen LogP contribution in [0.15, 0.2) is 42.5 Å². The Bertz CT molecular complexity index is 636. The largest absolute Gasteiger partial charge is 0.507 e. The Kier molecular flexibility index (Phi) is 4.66. The second-order valence-electron chi connectivity index (χ2n) is 4.45. The molecule has 0 aliphatic carbocycles. The fraction of sp³-hybridized carbons (Fsp3) is 0.188. The molecule has 0 atom stereocenters. The van der Waals surface area contributed by atoms with Gasteiger partial charge in [0.1, 0.15) is 36.0 Å². The van der Waals surface area contributed by atoms with E-state index in [4.69, 9.17) is 14.6 Å². The lowest BCUT2D eigenvalue weighted by Crippen LogP contribution is -2.09. The van der Waals surface area contributed by atoms with Gasteiger partial charge in [-0.2, -0.15) is 0 Å². The van der Waals surface area contributed by atoms with Gasteiger partial charge in [-0.3, -0.25) is 0 Å². The molecule has 110 valence electrons. The van der Waals surface area contributed by atoms with E-state index in [2.05, 4.69) is 0 Å². The van der Waals surface area contributed by atoms with Crippen LogP contribution in [0.5, 0.6) is 17.2 Å². The fourth-order valence-electron chi connectivity index (χ4n) is 1.81. The summed E-state index contributed by atoms with van der Waals surface area (Å²) in [7, 11) is 0. The number of carboxylic acid groups (broad SMARTS) is 1. The zero-order valence-corrected chi connectivity index (χ0v) is 11.6. The minimum atomic E-state index is -1.18. The molecule has 0 heterocycles. The molecule has 2 aromatic rings. The van der Waals surface area contributed by atoms with Crippen molar-refractivity contribution in [3.63, 3.8) is 0 Å². The maximum absolute atomic E-state index is 10.8. The smallest absolute Gasteiger partial charge is 0.339 e. The van der Waals surface area contributed by atoms with Crippen molar-refractivity contribution >= 4 is 5.97 Å². The van der Waals surface area contributed by atoms with Gasteiger partial charge in [-0.25, -0.2) is 4.79 Å². The summed E-state index contributed by atoms with van der Waals surface area (Å²) in [4.78, 5) is 10.8. The van der Waals surface area contributed by atoms with Crippen LogP contribution < -0.4 is 9.47 Å². The van der Waals surface area contributed by atoms with Gasteiger partial charge in [0, 0.05) is 6.07 Å². The first-order valence-electron chi connectivity index (χ1n) is 6.45. The fourth-order valence-corrected chi connectivity index (χ4v) is 1.81. The molecule has 0 radical (unpaired) electrons. The van der Waals surface area contributed by atoms with Gasteiger partial charge in [-0.1, -0.05) is 18.2 Å². The highest BCUT2D eigenvalue weighted by Crippen LogP contribution is 2.23. The Morgan fingerprint density at radius 2 is 1.81 bits per heavy atom. The Labute approximate surface area is 122 Å². The molecule has 2 rings (SSSR count). The number of ether oxygens (including phenoxy) is 2. The molecule has 0 saturated heterocycles. The van der Waals surface area contributed by atoms with Crippen molar-refractivity contribution in [2.75, 3.05) is 13.2 Å². The zero-order valence-electron chi connectivity index (χ0n) is 11.6. The Balaban J connectivity index is 1.85. The van der Waals surface area contributed by atoms with Gasteiger partial charge in [0.2, 0.25) is 0 Å². The summed E-state index contributed by atoms with van der Waals surface area (Å²) in [5.41, 5.74) is 0.888. The summed E-state index contributed by atoms with van der Waals surface area (Å²) in [5.74, 6) is -0.308. The quantitative estimate of drug-likeness (QED) is 0.799. The van der Waals surface area contributed by atoms with Gasteiger partial charge in [-0.05, 0) is 30.7 Å². The zero-order chi connectivity index (χ0) is 15.2. The molecule has 0 unspecified atom stereocenters. The van der Waals surface area contributed by atoms with Crippen LogP contribution in [0, 0.1) is 6.92 Å². The summed E-state index contributed by atoms with van der Waals surface area (Å²) >= 11 is 0.